The first-order valence-corrected chi connectivity index (χ1v) is 6.28. The summed E-state index contributed by atoms with van der Waals surface area (Å²) < 4.78 is 11.1. The SMILES string of the molecule is CNCc1ccc(OC)cc1OCCC1CC1. The first kappa shape index (κ1) is 12.2. The summed E-state index contributed by atoms with van der Waals surface area (Å²) in [5.74, 6) is 2.71. The van der Waals surface area contributed by atoms with Gasteiger partial charge in [-0.25, -0.2) is 0 Å². The maximum absolute atomic E-state index is 5.86. The van der Waals surface area contributed by atoms with Crippen molar-refractivity contribution in [2.75, 3.05) is 20.8 Å². The van der Waals surface area contributed by atoms with E-state index >= 15 is 0 Å². The van der Waals surface area contributed by atoms with E-state index in [4.69, 9.17) is 9.47 Å². The normalized spacial score (nSPS) is 14.7. The highest BCUT2D eigenvalue weighted by atomic mass is 16.5. The monoisotopic (exact) mass is 235 g/mol. The molecule has 0 atom stereocenters. The predicted octanol–water partition coefficient (Wildman–Crippen LogP) is 2.59. The lowest BCUT2D eigenvalue weighted by Gasteiger charge is -2.12. The fraction of sp³-hybridized carbons (Fsp3) is 0.571. The van der Waals surface area contributed by atoms with Crippen LogP contribution in [0.1, 0.15) is 24.8 Å². The van der Waals surface area contributed by atoms with Gasteiger partial charge < -0.3 is 14.8 Å². The maximum Gasteiger partial charge on any atom is 0.127 e. The van der Waals surface area contributed by atoms with E-state index in [-0.39, 0.29) is 0 Å². The molecule has 0 saturated heterocycles. The summed E-state index contributed by atoms with van der Waals surface area (Å²) in [6.45, 7) is 1.64. The third-order valence-electron chi connectivity index (χ3n) is 3.12. The van der Waals surface area contributed by atoms with Crippen LogP contribution in [-0.2, 0) is 6.54 Å². The molecule has 0 unspecified atom stereocenters. The Hall–Kier alpha value is -1.22. The number of methoxy groups -OCH3 is 1. The second kappa shape index (κ2) is 5.92. The number of hydrogen-bond donors (Lipinski definition) is 1. The van der Waals surface area contributed by atoms with E-state index < -0.39 is 0 Å². The van der Waals surface area contributed by atoms with Gasteiger partial charge in [-0.05, 0) is 25.5 Å². The molecular formula is C14H21NO2. The van der Waals surface area contributed by atoms with Crippen LogP contribution in [0, 0.1) is 5.92 Å². The number of benzene rings is 1. The number of nitrogens with one attached hydrogen (secondary N) is 1. The zero-order valence-electron chi connectivity index (χ0n) is 10.7. The van der Waals surface area contributed by atoms with Crippen molar-refractivity contribution in [1.29, 1.82) is 0 Å². The van der Waals surface area contributed by atoms with E-state index in [0.29, 0.717) is 0 Å². The quantitative estimate of drug-likeness (QED) is 0.788. The van der Waals surface area contributed by atoms with Gasteiger partial charge in [0.05, 0.1) is 13.7 Å². The smallest absolute Gasteiger partial charge is 0.127 e. The zero-order chi connectivity index (χ0) is 12.1. The average molecular weight is 235 g/mol. The van der Waals surface area contributed by atoms with E-state index in [0.717, 1.165) is 30.6 Å². The Morgan fingerprint density at radius 1 is 1.35 bits per heavy atom. The highest BCUT2D eigenvalue weighted by Crippen LogP contribution is 2.33. The molecule has 0 amide bonds. The second-order valence-corrected chi connectivity index (χ2v) is 4.58. The van der Waals surface area contributed by atoms with Crippen molar-refractivity contribution in [3.05, 3.63) is 23.8 Å². The lowest BCUT2D eigenvalue weighted by Crippen LogP contribution is -2.08. The van der Waals surface area contributed by atoms with Crippen molar-refractivity contribution in [1.82, 2.24) is 5.32 Å². The van der Waals surface area contributed by atoms with Gasteiger partial charge in [-0.15, -0.1) is 0 Å². The van der Waals surface area contributed by atoms with Gasteiger partial charge in [-0.1, -0.05) is 18.9 Å². The minimum atomic E-state index is 0.814. The maximum atomic E-state index is 5.86. The van der Waals surface area contributed by atoms with Crippen LogP contribution in [-0.4, -0.2) is 20.8 Å². The van der Waals surface area contributed by atoms with Crippen LogP contribution in [0.5, 0.6) is 11.5 Å². The van der Waals surface area contributed by atoms with E-state index in [9.17, 15) is 0 Å². The topological polar surface area (TPSA) is 30.5 Å². The summed E-state index contributed by atoms with van der Waals surface area (Å²) in [6.07, 6.45) is 3.94. The predicted molar refractivity (Wildman–Crippen MR) is 68.6 cm³/mol. The van der Waals surface area contributed by atoms with Crippen LogP contribution < -0.4 is 14.8 Å². The van der Waals surface area contributed by atoms with E-state index in [1.807, 2.05) is 19.2 Å². The van der Waals surface area contributed by atoms with Crippen molar-refractivity contribution < 1.29 is 9.47 Å². The lowest BCUT2D eigenvalue weighted by molar-refractivity contribution is 0.297. The van der Waals surface area contributed by atoms with Crippen LogP contribution in [0.25, 0.3) is 0 Å². The van der Waals surface area contributed by atoms with Crippen molar-refractivity contribution in [2.24, 2.45) is 5.92 Å². The molecule has 17 heavy (non-hydrogen) atoms. The fourth-order valence-electron chi connectivity index (χ4n) is 1.87. The molecule has 3 nitrogen and oxygen atoms in total. The largest absolute Gasteiger partial charge is 0.497 e. The summed E-state index contributed by atoms with van der Waals surface area (Å²) in [7, 11) is 3.62. The van der Waals surface area contributed by atoms with Crippen LogP contribution in [0.3, 0.4) is 0 Å². The minimum absolute atomic E-state index is 0.814. The molecule has 94 valence electrons. The van der Waals surface area contributed by atoms with Gasteiger partial charge in [0, 0.05) is 18.2 Å². The molecule has 1 aliphatic rings. The van der Waals surface area contributed by atoms with E-state index in [1.54, 1.807) is 7.11 Å². The highest BCUT2D eigenvalue weighted by molar-refractivity contribution is 5.40. The Bertz CT molecular complexity index is 361. The van der Waals surface area contributed by atoms with Gasteiger partial charge >= 0.3 is 0 Å². The summed E-state index contributed by atoms with van der Waals surface area (Å²) in [5.41, 5.74) is 1.18. The molecule has 0 radical (unpaired) electrons. The van der Waals surface area contributed by atoms with Gasteiger partial charge in [0.15, 0.2) is 0 Å². The zero-order valence-corrected chi connectivity index (χ0v) is 10.7. The molecule has 1 aromatic carbocycles. The summed E-state index contributed by atoms with van der Waals surface area (Å²) in [5, 5.41) is 3.15. The Kier molecular flexibility index (Phi) is 4.26. The molecule has 1 aliphatic carbocycles. The van der Waals surface area contributed by atoms with E-state index in [2.05, 4.69) is 11.4 Å². The number of rotatable bonds is 7. The molecule has 0 aromatic heterocycles. The standard InChI is InChI=1S/C14H21NO2/c1-15-10-12-5-6-13(16-2)9-14(12)17-8-7-11-3-4-11/h5-6,9,11,15H,3-4,7-8,10H2,1-2H3. The van der Waals surface area contributed by atoms with Crippen molar-refractivity contribution in [3.63, 3.8) is 0 Å². The van der Waals surface area contributed by atoms with Crippen LogP contribution in [0.15, 0.2) is 18.2 Å². The van der Waals surface area contributed by atoms with Crippen molar-refractivity contribution in [2.45, 2.75) is 25.8 Å². The fourth-order valence-corrected chi connectivity index (χ4v) is 1.87. The molecule has 1 N–H and O–H groups in total. The lowest BCUT2D eigenvalue weighted by atomic mass is 10.2. The molecule has 0 bridgehead atoms. The Balaban J connectivity index is 1.98. The molecule has 0 heterocycles. The van der Waals surface area contributed by atoms with Gasteiger partial charge in [0.2, 0.25) is 0 Å². The second-order valence-electron chi connectivity index (χ2n) is 4.58. The van der Waals surface area contributed by atoms with Crippen LogP contribution in [0.4, 0.5) is 0 Å². The summed E-state index contributed by atoms with van der Waals surface area (Å²) in [6, 6.07) is 6.00. The van der Waals surface area contributed by atoms with Gasteiger partial charge in [-0.2, -0.15) is 0 Å². The molecule has 1 saturated carbocycles. The third kappa shape index (κ3) is 3.63. The summed E-state index contributed by atoms with van der Waals surface area (Å²) >= 11 is 0. The molecule has 1 aromatic rings. The van der Waals surface area contributed by atoms with Crippen molar-refractivity contribution in [3.8, 4) is 11.5 Å². The molecule has 2 rings (SSSR count). The number of ether oxygens (including phenoxy) is 2. The Labute approximate surface area is 103 Å². The Morgan fingerprint density at radius 3 is 2.82 bits per heavy atom. The molecule has 3 heteroatoms. The van der Waals surface area contributed by atoms with E-state index in [1.165, 1.54) is 24.8 Å². The van der Waals surface area contributed by atoms with Gasteiger partial charge in [-0.3, -0.25) is 0 Å². The average Bonchev–Trinajstić information content (AvgIpc) is 3.15. The highest BCUT2D eigenvalue weighted by Gasteiger charge is 2.20. The summed E-state index contributed by atoms with van der Waals surface area (Å²) in [4.78, 5) is 0. The molecule has 0 spiro atoms. The van der Waals surface area contributed by atoms with Crippen molar-refractivity contribution >= 4 is 0 Å². The minimum Gasteiger partial charge on any atom is -0.497 e. The first-order chi connectivity index (χ1) is 8.33. The number of hydrogen-bond acceptors (Lipinski definition) is 3. The first-order valence-electron chi connectivity index (χ1n) is 6.28. The third-order valence-corrected chi connectivity index (χ3v) is 3.12. The van der Waals surface area contributed by atoms with Gasteiger partial charge in [0.1, 0.15) is 11.5 Å². The van der Waals surface area contributed by atoms with Crippen LogP contribution >= 0.6 is 0 Å². The Morgan fingerprint density at radius 2 is 2.18 bits per heavy atom. The molecule has 1 fully saturated rings. The molecule has 0 aliphatic heterocycles. The van der Waals surface area contributed by atoms with Gasteiger partial charge in [0.25, 0.3) is 0 Å². The van der Waals surface area contributed by atoms with Crippen LogP contribution in [0.2, 0.25) is 0 Å². The molecular weight excluding hydrogens is 214 g/mol.